The zero-order valence-electron chi connectivity index (χ0n) is 13.9. The van der Waals surface area contributed by atoms with Gasteiger partial charge in [0.1, 0.15) is 11.6 Å². The summed E-state index contributed by atoms with van der Waals surface area (Å²) in [6, 6.07) is 9.94. The molecule has 3 rings (SSSR count). The molecule has 0 fully saturated rings. The van der Waals surface area contributed by atoms with E-state index in [9.17, 15) is 30.8 Å². The van der Waals surface area contributed by atoms with Crippen LogP contribution in [0.3, 0.4) is 0 Å². The van der Waals surface area contributed by atoms with Crippen molar-refractivity contribution in [2.75, 3.05) is 0 Å². The summed E-state index contributed by atoms with van der Waals surface area (Å²) < 4.78 is 80.6. The Labute approximate surface area is 156 Å². The minimum atomic E-state index is -4.91. The number of nitrogens with zero attached hydrogens (tertiary/aromatic N) is 1. The predicted octanol–water partition coefficient (Wildman–Crippen LogP) is 4.24. The normalized spacial score (nSPS) is 12.0. The second-order valence-corrected chi connectivity index (χ2v) is 7.42. The number of carbonyl (C=O) groups excluding carboxylic acids is 1. The average molecular weight is 413 g/mol. The van der Waals surface area contributed by atoms with Crippen LogP contribution in [-0.4, -0.2) is 25.0 Å². The lowest BCUT2D eigenvalue weighted by Gasteiger charge is -2.12. The molecule has 0 aliphatic heterocycles. The van der Waals surface area contributed by atoms with Gasteiger partial charge in [-0.1, -0.05) is 12.1 Å². The van der Waals surface area contributed by atoms with Crippen molar-refractivity contribution in [1.82, 2.24) is 3.97 Å². The SMILES string of the molecule is O=Cc1cc(-c2cccc(F)c2)n(S(=O)(=O)c2ccc(OC(F)(F)F)cc2)c1. The molecule has 0 saturated carbocycles. The van der Waals surface area contributed by atoms with Crippen molar-refractivity contribution in [3.63, 3.8) is 0 Å². The highest BCUT2D eigenvalue weighted by molar-refractivity contribution is 7.90. The molecule has 5 nitrogen and oxygen atoms in total. The molecule has 146 valence electrons. The van der Waals surface area contributed by atoms with Gasteiger partial charge in [-0.05, 0) is 42.5 Å². The number of rotatable bonds is 5. The third kappa shape index (κ3) is 4.06. The number of ether oxygens (including phenoxy) is 1. The molecule has 0 saturated heterocycles. The molecular formula is C18H11F4NO4S. The maximum absolute atomic E-state index is 13.5. The minimum absolute atomic E-state index is 0.0252. The lowest BCUT2D eigenvalue weighted by Crippen LogP contribution is -2.17. The van der Waals surface area contributed by atoms with Gasteiger partial charge in [0.15, 0.2) is 6.29 Å². The Hall–Kier alpha value is -3.14. The predicted molar refractivity (Wildman–Crippen MR) is 90.9 cm³/mol. The summed E-state index contributed by atoms with van der Waals surface area (Å²) >= 11 is 0. The molecule has 0 spiro atoms. The van der Waals surface area contributed by atoms with E-state index in [1.807, 2.05) is 0 Å². The molecule has 28 heavy (non-hydrogen) atoms. The quantitative estimate of drug-likeness (QED) is 0.464. The number of aldehydes is 1. The van der Waals surface area contributed by atoms with Crippen LogP contribution in [0.5, 0.6) is 5.75 Å². The number of aromatic nitrogens is 1. The van der Waals surface area contributed by atoms with E-state index in [1.54, 1.807) is 0 Å². The standard InChI is InChI=1S/C18H11F4NO4S/c19-14-3-1-2-13(9-14)17-8-12(11-24)10-23(17)28(25,26)16-6-4-15(5-7-16)27-18(20,21)22/h1-11H. The molecule has 1 heterocycles. The molecule has 0 aliphatic rings. The maximum atomic E-state index is 13.5. The zero-order valence-corrected chi connectivity index (χ0v) is 14.7. The number of alkyl halides is 3. The monoisotopic (exact) mass is 413 g/mol. The van der Waals surface area contributed by atoms with E-state index in [4.69, 9.17) is 0 Å². The van der Waals surface area contributed by atoms with E-state index < -0.39 is 28.0 Å². The smallest absolute Gasteiger partial charge is 0.406 e. The number of hydrogen-bond acceptors (Lipinski definition) is 4. The molecule has 0 N–H and O–H groups in total. The Morgan fingerprint density at radius 2 is 1.68 bits per heavy atom. The van der Waals surface area contributed by atoms with Gasteiger partial charge in [0.05, 0.1) is 10.6 Å². The van der Waals surface area contributed by atoms with Crippen LogP contribution in [0.4, 0.5) is 17.6 Å². The summed E-state index contributed by atoms with van der Waals surface area (Å²) in [5.74, 6) is -1.19. The molecule has 1 aromatic heterocycles. The van der Waals surface area contributed by atoms with Crippen molar-refractivity contribution < 1.29 is 35.5 Å². The lowest BCUT2D eigenvalue weighted by atomic mass is 10.1. The van der Waals surface area contributed by atoms with Crippen molar-refractivity contribution in [3.8, 4) is 17.0 Å². The molecule has 0 radical (unpaired) electrons. The highest BCUT2D eigenvalue weighted by Crippen LogP contribution is 2.29. The topological polar surface area (TPSA) is 65.4 Å². The third-order valence-corrected chi connectivity index (χ3v) is 5.37. The number of halogens is 4. The van der Waals surface area contributed by atoms with Crippen molar-refractivity contribution in [2.45, 2.75) is 11.3 Å². The van der Waals surface area contributed by atoms with Gasteiger partial charge in [0.2, 0.25) is 0 Å². The fourth-order valence-electron chi connectivity index (χ4n) is 2.51. The van der Waals surface area contributed by atoms with E-state index in [2.05, 4.69) is 4.74 Å². The van der Waals surface area contributed by atoms with Crippen molar-refractivity contribution in [3.05, 3.63) is 72.2 Å². The number of hydrogen-bond donors (Lipinski definition) is 0. The first-order valence-corrected chi connectivity index (χ1v) is 9.09. The first-order chi connectivity index (χ1) is 13.1. The molecule has 0 bridgehead atoms. The number of carbonyl (C=O) groups is 1. The average Bonchev–Trinajstić information content (AvgIpc) is 3.06. The Morgan fingerprint density at radius 3 is 2.25 bits per heavy atom. The number of benzene rings is 2. The second kappa shape index (κ2) is 7.12. The van der Waals surface area contributed by atoms with Gasteiger partial charge < -0.3 is 4.74 Å². The molecule has 0 atom stereocenters. The van der Waals surface area contributed by atoms with Crippen LogP contribution in [0.25, 0.3) is 11.3 Å². The summed E-state index contributed by atoms with van der Waals surface area (Å²) in [6.07, 6.45) is -3.44. The van der Waals surface area contributed by atoms with E-state index >= 15 is 0 Å². The molecule has 2 aromatic carbocycles. The zero-order chi connectivity index (χ0) is 20.5. The summed E-state index contributed by atoms with van der Waals surface area (Å²) in [6.45, 7) is 0. The van der Waals surface area contributed by atoms with Gasteiger partial charge in [-0.3, -0.25) is 4.79 Å². The fraction of sp³-hybridized carbons (Fsp3) is 0.0556. The summed E-state index contributed by atoms with van der Waals surface area (Å²) in [4.78, 5) is 10.8. The van der Waals surface area contributed by atoms with E-state index in [1.165, 1.54) is 24.3 Å². The lowest BCUT2D eigenvalue weighted by molar-refractivity contribution is -0.274. The molecule has 10 heteroatoms. The van der Waals surface area contributed by atoms with Crippen LogP contribution in [0.2, 0.25) is 0 Å². The van der Waals surface area contributed by atoms with Crippen molar-refractivity contribution in [1.29, 1.82) is 0 Å². The maximum Gasteiger partial charge on any atom is 0.573 e. The third-order valence-electron chi connectivity index (χ3n) is 3.68. The van der Waals surface area contributed by atoms with Crippen LogP contribution in [0.1, 0.15) is 10.4 Å². The molecule has 0 aliphatic carbocycles. The van der Waals surface area contributed by atoms with Crippen LogP contribution in [0.15, 0.2) is 65.7 Å². The highest BCUT2D eigenvalue weighted by atomic mass is 32.2. The van der Waals surface area contributed by atoms with Crippen LogP contribution >= 0.6 is 0 Å². The molecule has 0 unspecified atom stereocenters. The summed E-state index contributed by atoms with van der Waals surface area (Å²) in [5, 5.41) is 0. The Bertz CT molecular complexity index is 1120. The highest BCUT2D eigenvalue weighted by Gasteiger charge is 2.31. The van der Waals surface area contributed by atoms with Gasteiger partial charge in [-0.25, -0.2) is 16.8 Å². The Kier molecular flexibility index (Phi) is 4.99. The minimum Gasteiger partial charge on any atom is -0.406 e. The molecule has 3 aromatic rings. The van der Waals surface area contributed by atoms with Gasteiger partial charge >= 0.3 is 6.36 Å². The van der Waals surface area contributed by atoms with Crippen molar-refractivity contribution in [2.24, 2.45) is 0 Å². The Morgan fingerprint density at radius 1 is 1.00 bits per heavy atom. The molecular weight excluding hydrogens is 402 g/mol. The Balaban J connectivity index is 2.07. The van der Waals surface area contributed by atoms with Gasteiger partial charge in [-0.2, -0.15) is 0 Å². The van der Waals surface area contributed by atoms with Gasteiger partial charge in [0, 0.05) is 17.3 Å². The summed E-state index contributed by atoms with van der Waals surface area (Å²) in [5.41, 5.74) is 0.255. The van der Waals surface area contributed by atoms with E-state index in [0.29, 0.717) is 6.29 Å². The van der Waals surface area contributed by atoms with Gasteiger partial charge in [0.25, 0.3) is 10.0 Å². The van der Waals surface area contributed by atoms with E-state index in [0.717, 1.165) is 40.5 Å². The summed E-state index contributed by atoms with van der Waals surface area (Å²) in [7, 11) is -4.28. The van der Waals surface area contributed by atoms with Crippen LogP contribution in [0, 0.1) is 5.82 Å². The van der Waals surface area contributed by atoms with Gasteiger partial charge in [-0.15, -0.1) is 13.2 Å². The van der Waals surface area contributed by atoms with Crippen LogP contribution in [-0.2, 0) is 10.0 Å². The van der Waals surface area contributed by atoms with Crippen LogP contribution < -0.4 is 4.74 Å². The first kappa shape index (κ1) is 19.6. The second-order valence-electron chi connectivity index (χ2n) is 5.61. The molecule has 0 amide bonds. The largest absolute Gasteiger partial charge is 0.573 e. The first-order valence-electron chi connectivity index (χ1n) is 7.65. The fourth-order valence-corrected chi connectivity index (χ4v) is 3.90. The van der Waals surface area contributed by atoms with Crippen molar-refractivity contribution >= 4 is 16.3 Å². The van der Waals surface area contributed by atoms with E-state index in [-0.39, 0.29) is 21.7 Å².